The van der Waals surface area contributed by atoms with Crippen LogP contribution in [0.5, 0.6) is 0 Å². The number of thiazole rings is 1. The van der Waals surface area contributed by atoms with Gasteiger partial charge in [-0.2, -0.15) is 0 Å². The van der Waals surface area contributed by atoms with E-state index < -0.39 is 11.2 Å². The maximum Gasteiger partial charge on any atom is 0.332 e. The van der Waals surface area contributed by atoms with Gasteiger partial charge < -0.3 is 11.1 Å². The predicted octanol–water partition coefficient (Wildman–Crippen LogP) is 1.96. The Kier molecular flexibility index (Phi) is 5.93. The molecule has 0 aliphatic rings. The second-order valence-electron chi connectivity index (χ2n) is 6.95. The lowest BCUT2D eigenvalue weighted by Crippen LogP contribution is -2.41. The summed E-state index contributed by atoms with van der Waals surface area (Å²) in [6.45, 7) is 5.08. The molecule has 3 N–H and O–H groups in total. The van der Waals surface area contributed by atoms with E-state index in [4.69, 9.17) is 5.73 Å². The molecule has 0 bridgehead atoms. The van der Waals surface area contributed by atoms with Crippen LogP contribution < -0.4 is 22.3 Å². The molecule has 0 saturated carbocycles. The molecule has 0 atom stereocenters. The number of pyridine rings is 1. The molecular weight excluding hydrogens is 376 g/mol. The number of nitrogens with zero attached hydrogens (tertiary/aromatic N) is 4. The van der Waals surface area contributed by atoms with Crippen molar-refractivity contribution in [2.24, 2.45) is 13.0 Å². The number of hydrogen-bond acceptors (Lipinski definition) is 7. The second kappa shape index (κ2) is 8.39. The van der Waals surface area contributed by atoms with Crippen LogP contribution in [-0.2, 0) is 20.0 Å². The second-order valence-corrected chi connectivity index (χ2v) is 7.81. The van der Waals surface area contributed by atoms with Crippen LogP contribution in [0.15, 0.2) is 39.4 Å². The van der Waals surface area contributed by atoms with Crippen LogP contribution in [0.2, 0.25) is 0 Å². The molecule has 28 heavy (non-hydrogen) atoms. The molecule has 3 rings (SSSR count). The molecule has 0 amide bonds. The van der Waals surface area contributed by atoms with E-state index in [1.54, 1.807) is 11.6 Å². The lowest BCUT2D eigenvalue weighted by molar-refractivity contribution is 0.494. The third-order valence-corrected chi connectivity index (χ3v) is 5.07. The highest BCUT2D eigenvalue weighted by Crippen LogP contribution is 2.26. The predicted molar refractivity (Wildman–Crippen MR) is 113 cm³/mol. The van der Waals surface area contributed by atoms with Crippen molar-refractivity contribution in [1.82, 2.24) is 19.1 Å². The number of hydrogen-bond donors (Lipinski definition) is 2. The summed E-state index contributed by atoms with van der Waals surface area (Å²) >= 11 is 1.39. The zero-order valence-corrected chi connectivity index (χ0v) is 17.0. The highest BCUT2D eigenvalue weighted by molar-refractivity contribution is 7.14. The maximum atomic E-state index is 12.7. The van der Waals surface area contributed by atoms with Crippen LogP contribution in [0.1, 0.15) is 19.5 Å². The zero-order valence-electron chi connectivity index (χ0n) is 16.2. The largest absolute Gasteiger partial charge is 0.384 e. The van der Waals surface area contributed by atoms with Crippen molar-refractivity contribution in [2.45, 2.75) is 26.8 Å². The first-order chi connectivity index (χ1) is 13.4. The van der Waals surface area contributed by atoms with Crippen molar-refractivity contribution < 1.29 is 0 Å². The van der Waals surface area contributed by atoms with Crippen LogP contribution in [0.25, 0.3) is 11.3 Å². The number of nitrogens with one attached hydrogen (secondary N) is 1. The quantitative estimate of drug-likeness (QED) is 0.628. The minimum absolute atomic E-state index is 0.159. The first-order valence-corrected chi connectivity index (χ1v) is 9.95. The van der Waals surface area contributed by atoms with Gasteiger partial charge in [0.25, 0.3) is 5.56 Å². The fourth-order valence-electron chi connectivity index (χ4n) is 2.88. The number of aromatic nitrogens is 4. The molecule has 0 aliphatic carbocycles. The average molecular weight is 401 g/mol. The molecule has 3 heterocycles. The van der Waals surface area contributed by atoms with Crippen LogP contribution in [0.3, 0.4) is 0 Å². The molecule has 0 saturated heterocycles. The van der Waals surface area contributed by atoms with Crippen LogP contribution in [0.4, 0.5) is 10.9 Å². The summed E-state index contributed by atoms with van der Waals surface area (Å²) < 4.78 is 2.52. The standard InChI is InChI=1S/C19H24N6O2S/c1-12(2)10-25-16(20)15(17(26)24(3)19(25)27)14-11-28-18(23-14)22-9-7-13-6-4-5-8-21-13/h4-6,8,11-12H,7,9-10,20H2,1-3H3,(H,22,23). The van der Waals surface area contributed by atoms with Crippen molar-refractivity contribution >= 4 is 22.3 Å². The van der Waals surface area contributed by atoms with Crippen molar-refractivity contribution in [2.75, 3.05) is 17.6 Å². The Morgan fingerprint density at radius 1 is 1.29 bits per heavy atom. The van der Waals surface area contributed by atoms with Gasteiger partial charge in [-0.3, -0.25) is 18.9 Å². The molecule has 0 spiro atoms. The van der Waals surface area contributed by atoms with Gasteiger partial charge in [0.1, 0.15) is 11.4 Å². The summed E-state index contributed by atoms with van der Waals surface area (Å²) in [5.41, 5.74) is 7.08. The minimum atomic E-state index is -0.437. The van der Waals surface area contributed by atoms with Gasteiger partial charge in [-0.05, 0) is 18.1 Å². The molecule has 3 aromatic heterocycles. The zero-order chi connectivity index (χ0) is 20.3. The molecular formula is C19H24N6O2S. The summed E-state index contributed by atoms with van der Waals surface area (Å²) in [5, 5.41) is 5.71. The van der Waals surface area contributed by atoms with Gasteiger partial charge in [0.2, 0.25) is 0 Å². The lowest BCUT2D eigenvalue weighted by atomic mass is 10.2. The lowest BCUT2D eigenvalue weighted by Gasteiger charge is -2.15. The molecule has 0 aromatic carbocycles. The van der Waals surface area contributed by atoms with E-state index in [1.807, 2.05) is 32.0 Å². The summed E-state index contributed by atoms with van der Waals surface area (Å²) in [7, 11) is 1.46. The first kappa shape index (κ1) is 19.8. The van der Waals surface area contributed by atoms with Gasteiger partial charge >= 0.3 is 5.69 Å². The Balaban J connectivity index is 1.85. The van der Waals surface area contributed by atoms with E-state index in [9.17, 15) is 9.59 Å². The van der Waals surface area contributed by atoms with Crippen LogP contribution in [-0.4, -0.2) is 25.6 Å². The normalized spacial score (nSPS) is 11.1. The summed E-state index contributed by atoms with van der Waals surface area (Å²) in [6, 6.07) is 5.81. The number of rotatable bonds is 7. The van der Waals surface area contributed by atoms with Gasteiger partial charge in [0.05, 0.1) is 5.69 Å². The third kappa shape index (κ3) is 4.14. The molecule has 0 aliphatic heterocycles. The average Bonchev–Trinajstić information content (AvgIpc) is 3.13. The number of anilines is 2. The van der Waals surface area contributed by atoms with Gasteiger partial charge in [-0.25, -0.2) is 9.78 Å². The van der Waals surface area contributed by atoms with Gasteiger partial charge in [0.15, 0.2) is 5.13 Å². The molecule has 9 heteroatoms. The molecule has 3 aromatic rings. The first-order valence-electron chi connectivity index (χ1n) is 9.07. The van der Waals surface area contributed by atoms with Gasteiger partial charge in [0, 0.05) is 43.8 Å². The van der Waals surface area contributed by atoms with Gasteiger partial charge in [-0.15, -0.1) is 11.3 Å². The topological polar surface area (TPSA) is 108 Å². The van der Waals surface area contributed by atoms with Crippen molar-refractivity contribution in [3.8, 4) is 11.3 Å². The van der Waals surface area contributed by atoms with Crippen molar-refractivity contribution in [3.63, 3.8) is 0 Å². The Morgan fingerprint density at radius 2 is 2.07 bits per heavy atom. The van der Waals surface area contributed by atoms with E-state index in [0.717, 1.165) is 16.7 Å². The maximum absolute atomic E-state index is 12.7. The van der Waals surface area contributed by atoms with Crippen LogP contribution in [0, 0.1) is 5.92 Å². The minimum Gasteiger partial charge on any atom is -0.384 e. The monoisotopic (exact) mass is 400 g/mol. The fourth-order valence-corrected chi connectivity index (χ4v) is 3.61. The molecule has 0 unspecified atom stereocenters. The van der Waals surface area contributed by atoms with E-state index in [1.165, 1.54) is 23.0 Å². The van der Waals surface area contributed by atoms with E-state index in [-0.39, 0.29) is 17.3 Å². The summed E-state index contributed by atoms with van der Waals surface area (Å²) in [5.74, 6) is 0.372. The number of nitrogen functional groups attached to an aromatic ring is 1. The molecule has 148 valence electrons. The van der Waals surface area contributed by atoms with E-state index >= 15 is 0 Å². The molecule has 8 nitrogen and oxygen atoms in total. The van der Waals surface area contributed by atoms with Crippen LogP contribution >= 0.6 is 11.3 Å². The molecule has 0 radical (unpaired) electrons. The fraction of sp³-hybridized carbons (Fsp3) is 0.368. The third-order valence-electron chi connectivity index (χ3n) is 4.27. The highest BCUT2D eigenvalue weighted by Gasteiger charge is 2.19. The summed E-state index contributed by atoms with van der Waals surface area (Å²) in [4.78, 5) is 33.9. The Labute approximate surface area is 166 Å². The Hall–Kier alpha value is -2.94. The van der Waals surface area contributed by atoms with E-state index in [0.29, 0.717) is 23.9 Å². The highest BCUT2D eigenvalue weighted by atomic mass is 32.1. The smallest absolute Gasteiger partial charge is 0.332 e. The molecule has 0 fully saturated rings. The Morgan fingerprint density at radius 3 is 2.75 bits per heavy atom. The number of nitrogens with two attached hydrogens (primary N) is 1. The van der Waals surface area contributed by atoms with Crippen molar-refractivity contribution in [1.29, 1.82) is 0 Å². The van der Waals surface area contributed by atoms with E-state index in [2.05, 4.69) is 15.3 Å². The Bertz CT molecular complexity index is 1070. The van der Waals surface area contributed by atoms with Crippen molar-refractivity contribution in [3.05, 3.63) is 56.3 Å². The summed E-state index contributed by atoms with van der Waals surface area (Å²) in [6.07, 6.45) is 2.53. The SMILES string of the molecule is CC(C)Cn1c(N)c(-c2csc(NCCc3ccccn3)n2)c(=O)n(C)c1=O. The van der Waals surface area contributed by atoms with Gasteiger partial charge in [-0.1, -0.05) is 19.9 Å².